The topological polar surface area (TPSA) is 180 Å². The monoisotopic (exact) mass is 480 g/mol. The van der Waals surface area contributed by atoms with Gasteiger partial charge in [0.1, 0.15) is 6.61 Å². The minimum atomic E-state index is -5.08. The molecule has 1 aromatic carbocycles. The highest BCUT2D eigenvalue weighted by Crippen LogP contribution is 2.13. The summed E-state index contributed by atoms with van der Waals surface area (Å²) < 4.78 is 36.7. The highest BCUT2D eigenvalue weighted by atomic mass is 19.4. The van der Waals surface area contributed by atoms with Gasteiger partial charge < -0.3 is 30.9 Å². The Labute approximate surface area is 185 Å². The summed E-state index contributed by atoms with van der Waals surface area (Å²) >= 11 is 0. The number of benzene rings is 1. The van der Waals surface area contributed by atoms with Crippen LogP contribution in [-0.4, -0.2) is 71.1 Å². The maximum Gasteiger partial charge on any atom is 0.490 e. The molecule has 2 amide bonds. The smallest absolute Gasteiger partial charge is 0.475 e. The van der Waals surface area contributed by atoms with Gasteiger partial charge in [-0.3, -0.25) is 14.9 Å². The summed E-state index contributed by atoms with van der Waals surface area (Å²) in [5.41, 5.74) is 0.545. The second-order valence-corrected chi connectivity index (χ2v) is 6.80. The molecule has 1 fully saturated rings. The summed E-state index contributed by atoms with van der Waals surface area (Å²) in [4.78, 5) is 42.3. The molecule has 0 saturated carbocycles. The Morgan fingerprint density at radius 1 is 1.27 bits per heavy atom. The van der Waals surface area contributed by atoms with Crippen LogP contribution in [-0.2, 0) is 20.9 Å². The van der Waals surface area contributed by atoms with Crippen molar-refractivity contribution in [3.8, 4) is 0 Å². The van der Waals surface area contributed by atoms with E-state index < -0.39 is 29.3 Å². The summed E-state index contributed by atoms with van der Waals surface area (Å²) in [5.74, 6) is -3.03. The molecule has 2 atom stereocenters. The first-order chi connectivity index (χ1) is 15.4. The fraction of sp³-hybridized carbons (Fsp3) is 0.500. The third-order valence-corrected chi connectivity index (χ3v) is 4.09. The van der Waals surface area contributed by atoms with E-state index in [1.807, 2.05) is 0 Å². The van der Waals surface area contributed by atoms with E-state index in [0.29, 0.717) is 5.56 Å². The lowest BCUT2D eigenvalue weighted by atomic mass is 10.2. The number of rotatable bonds is 8. The van der Waals surface area contributed by atoms with Gasteiger partial charge in [-0.05, 0) is 30.7 Å². The molecule has 0 aromatic heterocycles. The highest BCUT2D eigenvalue weighted by molar-refractivity contribution is 5.77. The van der Waals surface area contributed by atoms with Crippen molar-refractivity contribution in [3.63, 3.8) is 0 Å². The molecule has 15 heteroatoms. The van der Waals surface area contributed by atoms with Crippen LogP contribution in [0.5, 0.6) is 0 Å². The van der Waals surface area contributed by atoms with Gasteiger partial charge in [-0.15, -0.1) is 0 Å². The molecular formula is C18H23F3N4O8. The standard InChI is InChI=1S/C16H22N4O6.C2HF3O2/c21-14(7-15(22)19-12-5-6-17-8-12)9-18-16(23)26-10-11-1-3-13(4-2-11)20(24)25;3-2(4,5)1(6)7/h1-4,12,14,17,21H,5-10H2,(H,18,23)(H,19,22);(H,6,7)/t12-,14?;/m0./s1. The van der Waals surface area contributed by atoms with Crippen LogP contribution < -0.4 is 16.0 Å². The summed E-state index contributed by atoms with van der Waals surface area (Å²) in [6, 6.07) is 5.69. The number of carboxylic acid groups (broad SMARTS) is 1. The second kappa shape index (κ2) is 13.2. The number of amides is 2. The minimum absolute atomic E-state index is 0.0482. The highest BCUT2D eigenvalue weighted by Gasteiger charge is 2.38. The van der Waals surface area contributed by atoms with Crippen molar-refractivity contribution in [2.45, 2.75) is 37.8 Å². The van der Waals surface area contributed by atoms with Crippen molar-refractivity contribution in [2.75, 3.05) is 19.6 Å². The number of carbonyl (C=O) groups excluding carboxylic acids is 2. The van der Waals surface area contributed by atoms with Gasteiger partial charge in [-0.2, -0.15) is 13.2 Å². The lowest BCUT2D eigenvalue weighted by Gasteiger charge is -2.15. The van der Waals surface area contributed by atoms with Crippen molar-refractivity contribution < 1.29 is 47.4 Å². The van der Waals surface area contributed by atoms with Crippen LogP contribution in [0.4, 0.5) is 23.7 Å². The van der Waals surface area contributed by atoms with E-state index >= 15 is 0 Å². The number of halogens is 3. The first kappa shape index (κ1) is 27.6. The summed E-state index contributed by atoms with van der Waals surface area (Å²) in [6.07, 6.45) is -6.10. The van der Waals surface area contributed by atoms with E-state index in [-0.39, 0.29) is 37.2 Å². The Morgan fingerprint density at radius 2 is 1.88 bits per heavy atom. The number of nitro benzene ring substituents is 1. The fourth-order valence-electron chi connectivity index (χ4n) is 2.47. The van der Waals surface area contributed by atoms with Crippen LogP contribution in [0.2, 0.25) is 0 Å². The van der Waals surface area contributed by atoms with Crippen molar-refractivity contribution >= 4 is 23.7 Å². The second-order valence-electron chi connectivity index (χ2n) is 6.80. The molecule has 12 nitrogen and oxygen atoms in total. The number of nitrogens with zero attached hydrogens (tertiary/aromatic N) is 1. The van der Waals surface area contributed by atoms with Crippen LogP contribution in [0.3, 0.4) is 0 Å². The maximum atomic E-state index is 11.7. The van der Waals surface area contributed by atoms with E-state index in [0.717, 1.165) is 19.5 Å². The molecule has 0 aliphatic carbocycles. The molecular weight excluding hydrogens is 457 g/mol. The van der Waals surface area contributed by atoms with Crippen molar-refractivity contribution in [3.05, 3.63) is 39.9 Å². The van der Waals surface area contributed by atoms with Crippen LogP contribution in [0.1, 0.15) is 18.4 Å². The van der Waals surface area contributed by atoms with Crippen molar-refractivity contribution in [1.82, 2.24) is 16.0 Å². The zero-order chi connectivity index (χ0) is 25.0. The maximum absolute atomic E-state index is 11.7. The molecule has 0 radical (unpaired) electrons. The molecule has 0 bridgehead atoms. The fourth-order valence-corrected chi connectivity index (χ4v) is 2.47. The average Bonchev–Trinajstić information content (AvgIpc) is 3.23. The van der Waals surface area contributed by atoms with Crippen LogP contribution in [0, 0.1) is 10.1 Å². The summed E-state index contributed by atoms with van der Waals surface area (Å²) in [7, 11) is 0. The normalized spacial score (nSPS) is 16.1. The zero-order valence-electron chi connectivity index (χ0n) is 17.1. The lowest BCUT2D eigenvalue weighted by molar-refractivity contribution is -0.384. The van der Waals surface area contributed by atoms with Crippen LogP contribution in [0.25, 0.3) is 0 Å². The van der Waals surface area contributed by atoms with Gasteiger partial charge in [-0.1, -0.05) is 0 Å². The van der Waals surface area contributed by atoms with E-state index in [1.165, 1.54) is 24.3 Å². The lowest BCUT2D eigenvalue weighted by Crippen LogP contribution is -2.40. The van der Waals surface area contributed by atoms with Gasteiger partial charge in [0.15, 0.2) is 0 Å². The van der Waals surface area contributed by atoms with Crippen LogP contribution >= 0.6 is 0 Å². The third-order valence-electron chi connectivity index (χ3n) is 4.09. The Morgan fingerprint density at radius 3 is 2.36 bits per heavy atom. The Bertz CT molecular complexity index is 814. The largest absolute Gasteiger partial charge is 0.490 e. The molecule has 1 unspecified atom stereocenters. The van der Waals surface area contributed by atoms with Gasteiger partial charge in [0.2, 0.25) is 5.91 Å². The first-order valence-electron chi connectivity index (χ1n) is 9.50. The predicted octanol–water partition coefficient (Wildman–Crippen LogP) is 0.683. The molecule has 1 saturated heterocycles. The van der Waals surface area contributed by atoms with Gasteiger partial charge in [0.25, 0.3) is 5.69 Å². The van der Waals surface area contributed by atoms with E-state index in [4.69, 9.17) is 14.6 Å². The SMILES string of the molecule is O=C(CC(O)CNC(=O)OCc1ccc([N+](=O)[O-])cc1)N[C@H]1CCNC1.O=C(O)C(F)(F)F. The summed E-state index contributed by atoms with van der Waals surface area (Å²) in [5, 5.41) is 35.8. The molecule has 2 rings (SSSR count). The number of ether oxygens (including phenoxy) is 1. The quantitative estimate of drug-likeness (QED) is 0.264. The number of nitro groups is 1. The number of aliphatic hydroxyl groups is 1. The van der Waals surface area contributed by atoms with E-state index in [1.54, 1.807) is 0 Å². The first-order valence-corrected chi connectivity index (χ1v) is 9.50. The molecule has 33 heavy (non-hydrogen) atoms. The van der Waals surface area contributed by atoms with E-state index in [9.17, 15) is 38.0 Å². The van der Waals surface area contributed by atoms with E-state index in [2.05, 4.69) is 16.0 Å². The number of aliphatic carboxylic acids is 1. The average molecular weight is 480 g/mol. The Hall–Kier alpha value is -3.46. The van der Waals surface area contributed by atoms with Crippen molar-refractivity contribution in [1.29, 1.82) is 0 Å². The molecule has 1 aromatic rings. The number of alkyl carbamates (subject to hydrolysis) is 1. The molecule has 0 spiro atoms. The Balaban J connectivity index is 0.000000675. The minimum Gasteiger partial charge on any atom is -0.475 e. The Kier molecular flexibility index (Phi) is 11.0. The van der Waals surface area contributed by atoms with Gasteiger partial charge in [-0.25, -0.2) is 9.59 Å². The van der Waals surface area contributed by atoms with Gasteiger partial charge in [0, 0.05) is 31.3 Å². The predicted molar refractivity (Wildman–Crippen MR) is 105 cm³/mol. The summed E-state index contributed by atoms with van der Waals surface area (Å²) in [6.45, 7) is 1.40. The van der Waals surface area contributed by atoms with Crippen molar-refractivity contribution in [2.24, 2.45) is 0 Å². The number of carboxylic acids is 1. The van der Waals surface area contributed by atoms with Gasteiger partial charge >= 0.3 is 18.2 Å². The molecule has 1 heterocycles. The number of aliphatic hydroxyl groups excluding tert-OH is 1. The number of hydrogen-bond donors (Lipinski definition) is 5. The molecule has 1 aliphatic heterocycles. The van der Waals surface area contributed by atoms with Gasteiger partial charge in [0.05, 0.1) is 17.4 Å². The number of hydrogen-bond acceptors (Lipinski definition) is 8. The molecule has 184 valence electrons. The molecule has 1 aliphatic rings. The number of carbonyl (C=O) groups is 3. The molecule has 5 N–H and O–H groups in total. The zero-order valence-corrected chi connectivity index (χ0v) is 17.1. The third kappa shape index (κ3) is 11.6. The number of non-ortho nitro benzene ring substituents is 1. The van der Waals surface area contributed by atoms with Crippen LogP contribution in [0.15, 0.2) is 24.3 Å². The number of alkyl halides is 3. The number of nitrogens with one attached hydrogen (secondary N) is 3.